The van der Waals surface area contributed by atoms with E-state index in [1.54, 1.807) is 25.1 Å². The Balaban J connectivity index is 1.60. The maximum absolute atomic E-state index is 13.6. The molecule has 0 saturated heterocycles. The number of methoxy groups -OCH3 is 1. The highest BCUT2D eigenvalue weighted by atomic mass is 35.5. The highest BCUT2D eigenvalue weighted by molar-refractivity contribution is 8.17. The molecule has 2 aromatic carbocycles. The van der Waals surface area contributed by atoms with Gasteiger partial charge < -0.3 is 19.8 Å². The summed E-state index contributed by atoms with van der Waals surface area (Å²) in [4.78, 5) is 35.3. The van der Waals surface area contributed by atoms with Gasteiger partial charge in [-0.2, -0.15) is 4.98 Å². The Bertz CT molecular complexity index is 1530. The van der Waals surface area contributed by atoms with E-state index in [2.05, 4.69) is 20.9 Å². The maximum Gasteiger partial charge on any atom is 0.310 e. The Morgan fingerprint density at radius 2 is 1.93 bits per heavy atom. The maximum atomic E-state index is 13.6. The first kappa shape index (κ1) is 28.9. The second kappa shape index (κ2) is 12.8. The summed E-state index contributed by atoms with van der Waals surface area (Å²) in [6.07, 6.45) is 0.702. The van der Waals surface area contributed by atoms with Gasteiger partial charge in [0.1, 0.15) is 11.6 Å². The first-order chi connectivity index (χ1) is 19.2. The third-order valence-electron chi connectivity index (χ3n) is 6.20. The molecule has 4 N–H and O–H groups in total. The van der Waals surface area contributed by atoms with Crippen LogP contribution in [0.2, 0.25) is 5.02 Å². The van der Waals surface area contributed by atoms with Gasteiger partial charge in [-0.15, -0.1) is 0 Å². The smallest absolute Gasteiger partial charge is 0.310 e. The number of nitrogens with one attached hydrogen (secondary N) is 4. The highest BCUT2D eigenvalue weighted by Crippen LogP contribution is 2.35. The fraction of sp³-hybridized carbons (Fsp3) is 0.250. The van der Waals surface area contributed by atoms with E-state index in [1.165, 1.54) is 7.11 Å². The fourth-order valence-corrected chi connectivity index (χ4v) is 5.11. The van der Waals surface area contributed by atoms with E-state index >= 15 is 0 Å². The molecule has 10 nitrogen and oxygen atoms in total. The molecule has 1 aliphatic rings. The highest BCUT2D eigenvalue weighted by Gasteiger charge is 2.31. The SMILES string of the molecule is CC/C(C)=C(\CC(=O)OC)SC(=N)NC(=O)C1=C(C)NC(Nc2nc3ccccc3o2)=NC1c1ccccc1Cl. The van der Waals surface area contributed by atoms with Crippen LogP contribution < -0.4 is 16.0 Å². The molecule has 0 spiro atoms. The molecule has 0 fully saturated rings. The zero-order valence-corrected chi connectivity index (χ0v) is 24.0. The van der Waals surface area contributed by atoms with Crippen LogP contribution in [0, 0.1) is 5.41 Å². The molecular formula is C28H29ClN6O4S. The number of carbonyl (C=O) groups excluding carboxylic acids is 2. The number of nitrogens with zero attached hydrogens (tertiary/aromatic N) is 2. The average molecular weight is 581 g/mol. The van der Waals surface area contributed by atoms with E-state index < -0.39 is 17.9 Å². The number of aliphatic imine (C=N–C) groups is 1. The molecule has 4 rings (SSSR count). The van der Waals surface area contributed by atoms with Crippen LogP contribution in [0.15, 0.2) is 79.7 Å². The number of amidine groups is 1. The minimum Gasteiger partial charge on any atom is -0.469 e. The molecule has 0 saturated carbocycles. The zero-order valence-electron chi connectivity index (χ0n) is 22.4. The van der Waals surface area contributed by atoms with Gasteiger partial charge in [-0.25, -0.2) is 4.99 Å². The Morgan fingerprint density at radius 1 is 1.20 bits per heavy atom. The van der Waals surface area contributed by atoms with E-state index in [4.69, 9.17) is 31.2 Å². The number of fused-ring (bicyclic) bond motifs is 1. The third-order valence-corrected chi connectivity index (χ3v) is 7.59. The molecule has 0 radical (unpaired) electrons. The van der Waals surface area contributed by atoms with Crippen LogP contribution in [0.1, 0.15) is 45.2 Å². The van der Waals surface area contributed by atoms with Crippen LogP contribution >= 0.6 is 23.4 Å². The number of amides is 1. The lowest BCUT2D eigenvalue weighted by Crippen LogP contribution is -2.40. The van der Waals surface area contributed by atoms with Crippen molar-refractivity contribution in [1.82, 2.24) is 15.6 Å². The molecule has 3 aromatic rings. The molecule has 1 aliphatic heterocycles. The summed E-state index contributed by atoms with van der Waals surface area (Å²) in [6.45, 7) is 5.57. The number of hydrogen-bond acceptors (Lipinski definition) is 10. The number of allylic oxidation sites excluding steroid dienone is 2. The monoisotopic (exact) mass is 580 g/mol. The van der Waals surface area contributed by atoms with Gasteiger partial charge >= 0.3 is 12.0 Å². The number of ether oxygens (including phenoxy) is 1. The van der Waals surface area contributed by atoms with Crippen molar-refractivity contribution in [2.75, 3.05) is 12.4 Å². The lowest BCUT2D eigenvalue weighted by atomic mass is 9.95. The quantitative estimate of drug-likeness (QED) is 0.154. The van der Waals surface area contributed by atoms with E-state index in [9.17, 15) is 9.59 Å². The summed E-state index contributed by atoms with van der Waals surface area (Å²) in [5.74, 6) is -0.628. The Hall–Kier alpha value is -4.09. The van der Waals surface area contributed by atoms with E-state index in [0.717, 1.165) is 17.3 Å². The van der Waals surface area contributed by atoms with Gasteiger partial charge in [0.25, 0.3) is 5.91 Å². The molecular weight excluding hydrogens is 552 g/mol. The summed E-state index contributed by atoms with van der Waals surface area (Å²) in [6, 6.07) is 13.9. The number of anilines is 1. The standard InChI is InChI=1S/C28H29ClN6O4S/c1-5-15(2)21(14-22(36)38-4)40-26(30)34-25(37)23-16(3)31-27(33-24(23)17-10-6-7-11-18(17)29)35-28-32-19-12-8-9-13-20(19)39-28/h6-13,24H,5,14H2,1-4H3,(H2,30,34,37)(H2,31,32,33,35)/b21-15+. The number of para-hydroxylation sites is 2. The van der Waals surface area contributed by atoms with Crippen LogP contribution in [0.3, 0.4) is 0 Å². The molecule has 208 valence electrons. The van der Waals surface area contributed by atoms with Gasteiger partial charge in [-0.05, 0) is 38.5 Å². The van der Waals surface area contributed by atoms with Crippen molar-refractivity contribution in [3.8, 4) is 0 Å². The number of hydrogen-bond donors (Lipinski definition) is 4. The minimum atomic E-state index is -0.790. The normalized spacial score (nSPS) is 15.6. The molecule has 12 heteroatoms. The van der Waals surface area contributed by atoms with Crippen molar-refractivity contribution in [1.29, 1.82) is 5.41 Å². The number of thioether (sulfide) groups is 1. The predicted octanol–water partition coefficient (Wildman–Crippen LogP) is 5.90. The van der Waals surface area contributed by atoms with Gasteiger partial charge in [0.15, 0.2) is 10.8 Å². The van der Waals surface area contributed by atoms with Crippen molar-refractivity contribution in [3.63, 3.8) is 0 Å². The van der Waals surface area contributed by atoms with Crippen molar-refractivity contribution in [2.45, 2.75) is 39.7 Å². The number of benzene rings is 2. The van der Waals surface area contributed by atoms with Crippen LogP contribution in [0.25, 0.3) is 11.1 Å². The molecule has 1 amide bonds. The lowest BCUT2D eigenvalue weighted by Gasteiger charge is -2.27. The van der Waals surface area contributed by atoms with Crippen LogP contribution in [-0.2, 0) is 14.3 Å². The van der Waals surface area contributed by atoms with Gasteiger partial charge in [-0.3, -0.25) is 20.3 Å². The fourth-order valence-electron chi connectivity index (χ4n) is 3.98. The minimum absolute atomic E-state index is 0.0137. The Morgan fingerprint density at radius 3 is 2.62 bits per heavy atom. The van der Waals surface area contributed by atoms with Gasteiger partial charge in [0, 0.05) is 21.2 Å². The summed E-state index contributed by atoms with van der Waals surface area (Å²) < 4.78 is 10.6. The van der Waals surface area contributed by atoms with Gasteiger partial charge in [0.05, 0.1) is 19.1 Å². The van der Waals surface area contributed by atoms with E-state index in [0.29, 0.717) is 44.7 Å². The van der Waals surface area contributed by atoms with Crippen LogP contribution in [0.4, 0.5) is 6.01 Å². The molecule has 2 heterocycles. The first-order valence-electron chi connectivity index (χ1n) is 12.5. The molecule has 1 atom stereocenters. The number of halogens is 1. The topological polar surface area (TPSA) is 142 Å². The lowest BCUT2D eigenvalue weighted by molar-refractivity contribution is -0.139. The number of guanidine groups is 1. The Labute approximate surface area is 240 Å². The summed E-state index contributed by atoms with van der Waals surface area (Å²) in [7, 11) is 1.31. The molecule has 1 unspecified atom stereocenters. The number of aromatic nitrogens is 1. The zero-order chi connectivity index (χ0) is 28.8. The molecule has 0 bridgehead atoms. The predicted molar refractivity (Wildman–Crippen MR) is 158 cm³/mol. The molecule has 1 aromatic heterocycles. The first-order valence-corrected chi connectivity index (χ1v) is 13.6. The van der Waals surface area contributed by atoms with Crippen molar-refractivity contribution in [3.05, 3.63) is 80.9 Å². The summed E-state index contributed by atoms with van der Waals surface area (Å²) in [5, 5.41) is 17.6. The third kappa shape index (κ3) is 6.72. The number of carbonyl (C=O) groups is 2. The molecule has 0 aliphatic carbocycles. The second-order valence-electron chi connectivity index (χ2n) is 8.87. The van der Waals surface area contributed by atoms with Gasteiger partial charge in [0.2, 0.25) is 5.96 Å². The number of oxazole rings is 1. The van der Waals surface area contributed by atoms with Crippen LogP contribution in [-0.4, -0.2) is 35.1 Å². The summed E-state index contributed by atoms with van der Waals surface area (Å²) in [5.41, 5.74) is 3.63. The van der Waals surface area contributed by atoms with E-state index in [1.807, 2.05) is 44.2 Å². The van der Waals surface area contributed by atoms with Crippen molar-refractivity contribution in [2.24, 2.45) is 4.99 Å². The number of rotatable bonds is 7. The average Bonchev–Trinajstić information content (AvgIpc) is 3.34. The Kier molecular flexibility index (Phi) is 9.28. The van der Waals surface area contributed by atoms with Crippen molar-refractivity contribution >= 4 is 63.5 Å². The van der Waals surface area contributed by atoms with E-state index in [-0.39, 0.29) is 23.2 Å². The van der Waals surface area contributed by atoms with Crippen molar-refractivity contribution < 1.29 is 18.7 Å². The van der Waals surface area contributed by atoms with Gasteiger partial charge in [-0.1, -0.05) is 66.2 Å². The molecule has 40 heavy (non-hydrogen) atoms. The largest absolute Gasteiger partial charge is 0.469 e. The second-order valence-corrected chi connectivity index (χ2v) is 10.4. The van der Waals surface area contributed by atoms with Crippen LogP contribution in [0.5, 0.6) is 0 Å². The number of esters is 1. The summed E-state index contributed by atoms with van der Waals surface area (Å²) >= 11 is 7.54.